The molecule has 0 aliphatic carbocycles. The molecule has 0 aromatic carbocycles. The van der Waals surface area contributed by atoms with Crippen LogP contribution >= 0.6 is 0 Å². The molecule has 2 rings (SSSR count). The summed E-state index contributed by atoms with van der Waals surface area (Å²) in [6.45, 7) is 4.39. The van der Waals surface area contributed by atoms with Crippen molar-refractivity contribution in [2.75, 3.05) is 53.0 Å². The Morgan fingerprint density at radius 1 is 1.47 bits per heavy atom. The van der Waals surface area contributed by atoms with Gasteiger partial charge >= 0.3 is 0 Å². The van der Waals surface area contributed by atoms with Gasteiger partial charge in [0, 0.05) is 25.7 Å². The van der Waals surface area contributed by atoms with Crippen LogP contribution in [0.5, 0.6) is 0 Å². The minimum Gasteiger partial charge on any atom is -0.395 e. The van der Waals surface area contributed by atoms with Crippen LogP contribution in [0.4, 0.5) is 0 Å². The summed E-state index contributed by atoms with van der Waals surface area (Å²) in [5.41, 5.74) is 0. The molecule has 2 heterocycles. The van der Waals surface area contributed by atoms with E-state index >= 15 is 0 Å². The van der Waals surface area contributed by atoms with E-state index in [1.54, 1.807) is 0 Å². The van der Waals surface area contributed by atoms with Crippen LogP contribution < -0.4 is 5.32 Å². The number of ether oxygens (including phenoxy) is 1. The van der Waals surface area contributed by atoms with E-state index in [1.165, 1.54) is 0 Å². The van der Waals surface area contributed by atoms with Crippen molar-refractivity contribution in [2.45, 2.75) is 25.0 Å². The predicted molar refractivity (Wildman–Crippen MR) is 71.9 cm³/mol. The lowest BCUT2D eigenvalue weighted by atomic mass is 10.0. The number of amides is 1. The van der Waals surface area contributed by atoms with E-state index in [9.17, 15) is 9.90 Å². The molecule has 0 aromatic rings. The predicted octanol–water partition coefficient (Wildman–Crippen LogP) is -1.11. The van der Waals surface area contributed by atoms with E-state index in [1.807, 2.05) is 4.90 Å². The number of nitrogens with zero attached hydrogens (tertiary/aromatic N) is 2. The minimum atomic E-state index is -0.389. The number of carbonyl (C=O) groups excluding carboxylic acids is 1. The molecule has 0 spiro atoms. The summed E-state index contributed by atoms with van der Waals surface area (Å²) in [7, 11) is 2.10. The highest BCUT2D eigenvalue weighted by Crippen LogP contribution is 2.17. The van der Waals surface area contributed by atoms with Crippen LogP contribution in [-0.2, 0) is 9.53 Å². The minimum absolute atomic E-state index is 0.0121. The Kier molecular flexibility index (Phi) is 5.57. The number of rotatable bonds is 4. The lowest BCUT2D eigenvalue weighted by Gasteiger charge is -2.39. The van der Waals surface area contributed by atoms with Crippen LogP contribution in [0.3, 0.4) is 0 Å². The van der Waals surface area contributed by atoms with E-state index in [0.29, 0.717) is 19.7 Å². The molecule has 1 atom stereocenters. The van der Waals surface area contributed by atoms with Gasteiger partial charge < -0.3 is 25.0 Å². The molecule has 6 nitrogen and oxygen atoms in total. The smallest absolute Gasteiger partial charge is 0.253 e. The Bertz CT molecular complexity index is 287. The Hall–Kier alpha value is -0.690. The largest absolute Gasteiger partial charge is 0.395 e. The molecule has 2 N–H and O–H groups in total. The van der Waals surface area contributed by atoms with Crippen molar-refractivity contribution < 1.29 is 14.6 Å². The molecule has 2 fully saturated rings. The zero-order valence-corrected chi connectivity index (χ0v) is 11.7. The highest BCUT2D eigenvalue weighted by atomic mass is 16.5. The van der Waals surface area contributed by atoms with Gasteiger partial charge in [0.25, 0.3) is 5.91 Å². The van der Waals surface area contributed by atoms with Crippen molar-refractivity contribution in [1.29, 1.82) is 0 Å². The van der Waals surface area contributed by atoms with Crippen molar-refractivity contribution in [1.82, 2.24) is 15.1 Å². The van der Waals surface area contributed by atoms with Gasteiger partial charge in [-0.2, -0.15) is 0 Å². The number of morpholine rings is 1. The lowest BCUT2D eigenvalue weighted by molar-refractivity contribution is -0.149. The summed E-state index contributed by atoms with van der Waals surface area (Å²) in [4.78, 5) is 16.6. The maximum absolute atomic E-state index is 12.5. The molecule has 0 bridgehead atoms. The van der Waals surface area contributed by atoms with Crippen LogP contribution in [0.1, 0.15) is 12.8 Å². The Morgan fingerprint density at radius 3 is 2.79 bits per heavy atom. The van der Waals surface area contributed by atoms with Crippen LogP contribution in [0.2, 0.25) is 0 Å². The standard InChI is InChI=1S/C13H25N3O3/c1-15-5-2-11(3-6-15)16(7-8-17)13(18)12-10-14-4-9-19-12/h11-12,14,17H,2-10H2,1H3. The zero-order valence-electron chi connectivity index (χ0n) is 11.7. The molecule has 19 heavy (non-hydrogen) atoms. The second kappa shape index (κ2) is 7.19. The Morgan fingerprint density at radius 2 is 2.21 bits per heavy atom. The van der Waals surface area contributed by atoms with Gasteiger partial charge in [-0.3, -0.25) is 4.79 Å². The van der Waals surface area contributed by atoms with Crippen molar-refractivity contribution in [3.8, 4) is 0 Å². The van der Waals surface area contributed by atoms with Crippen LogP contribution in [0.25, 0.3) is 0 Å². The second-order valence-corrected chi connectivity index (χ2v) is 5.35. The Balaban J connectivity index is 1.95. The molecule has 1 unspecified atom stereocenters. The molecule has 0 radical (unpaired) electrons. The maximum Gasteiger partial charge on any atom is 0.253 e. The highest BCUT2D eigenvalue weighted by molar-refractivity contribution is 5.81. The third-order valence-corrected chi connectivity index (χ3v) is 3.96. The molecular weight excluding hydrogens is 246 g/mol. The summed E-state index contributed by atoms with van der Waals surface area (Å²) in [5, 5.41) is 12.4. The number of likely N-dealkylation sites (tertiary alicyclic amines) is 1. The number of hydrogen-bond donors (Lipinski definition) is 2. The summed E-state index contributed by atoms with van der Waals surface area (Å²) in [5.74, 6) is 0.0239. The second-order valence-electron chi connectivity index (χ2n) is 5.35. The quantitative estimate of drug-likeness (QED) is 0.679. The monoisotopic (exact) mass is 271 g/mol. The fraction of sp³-hybridized carbons (Fsp3) is 0.923. The zero-order chi connectivity index (χ0) is 13.7. The number of piperidine rings is 1. The van der Waals surface area contributed by atoms with E-state index in [4.69, 9.17) is 4.74 Å². The van der Waals surface area contributed by atoms with Gasteiger partial charge in [-0.05, 0) is 33.0 Å². The lowest BCUT2D eigenvalue weighted by Crippen LogP contribution is -2.54. The summed E-state index contributed by atoms with van der Waals surface area (Å²) < 4.78 is 5.53. The molecule has 6 heteroatoms. The molecular formula is C13H25N3O3. The molecule has 0 aromatic heterocycles. The normalized spacial score (nSPS) is 26.3. The van der Waals surface area contributed by atoms with E-state index in [-0.39, 0.29) is 24.7 Å². The first-order valence-electron chi connectivity index (χ1n) is 7.14. The highest BCUT2D eigenvalue weighted by Gasteiger charge is 2.32. The van der Waals surface area contributed by atoms with Gasteiger partial charge in [0.05, 0.1) is 13.2 Å². The number of nitrogens with one attached hydrogen (secondary N) is 1. The average Bonchev–Trinajstić information content (AvgIpc) is 2.46. The maximum atomic E-state index is 12.5. The summed E-state index contributed by atoms with van der Waals surface area (Å²) in [6, 6.07) is 0.237. The molecule has 2 saturated heterocycles. The third-order valence-electron chi connectivity index (χ3n) is 3.96. The van der Waals surface area contributed by atoms with Gasteiger partial charge in [-0.25, -0.2) is 0 Å². The van der Waals surface area contributed by atoms with Crippen molar-refractivity contribution in [2.24, 2.45) is 0 Å². The van der Waals surface area contributed by atoms with E-state index in [0.717, 1.165) is 32.5 Å². The van der Waals surface area contributed by atoms with Crippen LogP contribution in [0.15, 0.2) is 0 Å². The fourth-order valence-corrected chi connectivity index (χ4v) is 2.80. The van der Waals surface area contributed by atoms with E-state index < -0.39 is 0 Å². The average molecular weight is 271 g/mol. The Labute approximate surface area is 114 Å². The van der Waals surface area contributed by atoms with Crippen LogP contribution in [-0.4, -0.2) is 85.9 Å². The van der Waals surface area contributed by atoms with Gasteiger partial charge in [-0.1, -0.05) is 0 Å². The third kappa shape index (κ3) is 3.89. The number of aliphatic hydroxyl groups is 1. The number of hydrogen-bond acceptors (Lipinski definition) is 5. The fourth-order valence-electron chi connectivity index (χ4n) is 2.80. The van der Waals surface area contributed by atoms with E-state index in [2.05, 4.69) is 17.3 Å². The first-order valence-corrected chi connectivity index (χ1v) is 7.14. The molecule has 1 amide bonds. The first-order chi connectivity index (χ1) is 9.22. The SMILES string of the molecule is CN1CCC(N(CCO)C(=O)C2CNCCO2)CC1. The number of aliphatic hydroxyl groups excluding tert-OH is 1. The number of carbonyl (C=O) groups is 1. The summed E-state index contributed by atoms with van der Waals surface area (Å²) in [6.07, 6.45) is 1.56. The van der Waals surface area contributed by atoms with Crippen LogP contribution in [0, 0.1) is 0 Å². The summed E-state index contributed by atoms with van der Waals surface area (Å²) >= 11 is 0. The molecule has 2 aliphatic rings. The van der Waals surface area contributed by atoms with Crippen molar-refractivity contribution in [3.05, 3.63) is 0 Å². The topological polar surface area (TPSA) is 65.0 Å². The van der Waals surface area contributed by atoms with Gasteiger partial charge in [0.15, 0.2) is 0 Å². The molecule has 0 saturated carbocycles. The van der Waals surface area contributed by atoms with Crippen molar-refractivity contribution in [3.63, 3.8) is 0 Å². The first kappa shape index (κ1) is 14.7. The van der Waals surface area contributed by atoms with Gasteiger partial charge in [0.2, 0.25) is 0 Å². The van der Waals surface area contributed by atoms with Gasteiger partial charge in [-0.15, -0.1) is 0 Å². The molecule has 2 aliphatic heterocycles. The van der Waals surface area contributed by atoms with Gasteiger partial charge in [0.1, 0.15) is 6.10 Å². The molecule has 110 valence electrons. The van der Waals surface area contributed by atoms with Crippen molar-refractivity contribution >= 4 is 5.91 Å².